The minimum absolute atomic E-state index is 0.180. The monoisotopic (exact) mass is 299 g/mol. The van der Waals surface area contributed by atoms with Gasteiger partial charge in [-0.25, -0.2) is 4.79 Å². The number of nitrogens with zero attached hydrogens (tertiary/aromatic N) is 1. The van der Waals surface area contributed by atoms with Gasteiger partial charge in [0.25, 0.3) is 0 Å². The van der Waals surface area contributed by atoms with Gasteiger partial charge in [-0.1, -0.05) is 20.8 Å². The first-order valence-corrected chi connectivity index (χ1v) is 7.92. The molecule has 2 amide bonds. The van der Waals surface area contributed by atoms with Crippen LogP contribution in [0.2, 0.25) is 0 Å². The lowest BCUT2D eigenvalue weighted by molar-refractivity contribution is -0.142. The third kappa shape index (κ3) is 7.32. The molecule has 1 unspecified atom stereocenters. The summed E-state index contributed by atoms with van der Waals surface area (Å²) in [7, 11) is 0. The summed E-state index contributed by atoms with van der Waals surface area (Å²) in [6.45, 7) is 8.71. The van der Waals surface area contributed by atoms with Crippen molar-refractivity contribution in [3.63, 3.8) is 0 Å². The Balaban J connectivity index is 2.18. The fraction of sp³-hybridized carbons (Fsp3) is 0.867. The van der Waals surface area contributed by atoms with Gasteiger partial charge < -0.3 is 15.7 Å². The summed E-state index contributed by atoms with van der Waals surface area (Å²) in [4.78, 5) is 25.1. The summed E-state index contributed by atoms with van der Waals surface area (Å²) in [5.74, 6) is -1.07. The van der Waals surface area contributed by atoms with Crippen molar-refractivity contribution in [3.8, 4) is 0 Å². The van der Waals surface area contributed by atoms with E-state index in [1.165, 1.54) is 12.8 Å². The molecule has 1 saturated carbocycles. The van der Waals surface area contributed by atoms with Gasteiger partial charge in [0.1, 0.15) is 0 Å². The highest BCUT2D eigenvalue weighted by Gasteiger charge is 2.27. The van der Waals surface area contributed by atoms with E-state index in [0.29, 0.717) is 24.9 Å². The minimum Gasteiger partial charge on any atom is -0.481 e. The van der Waals surface area contributed by atoms with E-state index in [0.717, 1.165) is 13.1 Å². The molecule has 122 valence electrons. The fourth-order valence-electron chi connectivity index (χ4n) is 2.47. The van der Waals surface area contributed by atoms with Crippen molar-refractivity contribution in [2.45, 2.75) is 46.1 Å². The number of likely N-dealkylation sites (N-methyl/N-ethyl adjacent to an activating group) is 1. The Labute approximate surface area is 127 Å². The number of rotatable bonds is 10. The lowest BCUT2D eigenvalue weighted by atomic mass is 9.97. The first-order chi connectivity index (χ1) is 9.93. The molecule has 1 fully saturated rings. The maximum Gasteiger partial charge on any atom is 0.314 e. The number of carbonyl (C=O) groups excluding carboxylic acids is 1. The number of hydrogen-bond donors (Lipinski definition) is 3. The Bertz CT molecular complexity index is 343. The highest BCUT2D eigenvalue weighted by Crippen LogP contribution is 2.25. The molecular weight excluding hydrogens is 270 g/mol. The molecule has 3 N–H and O–H groups in total. The van der Waals surface area contributed by atoms with Crippen LogP contribution < -0.4 is 10.6 Å². The second kappa shape index (κ2) is 8.87. The van der Waals surface area contributed by atoms with Crippen LogP contribution in [0.4, 0.5) is 4.79 Å². The van der Waals surface area contributed by atoms with E-state index in [9.17, 15) is 9.59 Å². The number of hydrogen-bond acceptors (Lipinski definition) is 3. The highest BCUT2D eigenvalue weighted by atomic mass is 16.4. The van der Waals surface area contributed by atoms with Crippen molar-refractivity contribution < 1.29 is 14.7 Å². The summed E-state index contributed by atoms with van der Waals surface area (Å²) in [6.07, 6.45) is 3.09. The normalized spacial score (nSPS) is 16.0. The molecule has 0 aliphatic heterocycles. The largest absolute Gasteiger partial charge is 0.481 e. The van der Waals surface area contributed by atoms with E-state index < -0.39 is 11.9 Å². The molecule has 6 heteroatoms. The van der Waals surface area contributed by atoms with E-state index in [2.05, 4.69) is 22.5 Å². The first kappa shape index (κ1) is 17.8. The lowest BCUT2D eigenvalue weighted by Gasteiger charge is -2.20. The quantitative estimate of drug-likeness (QED) is 0.571. The Morgan fingerprint density at radius 1 is 1.29 bits per heavy atom. The van der Waals surface area contributed by atoms with Crippen LogP contribution in [0.3, 0.4) is 0 Å². The van der Waals surface area contributed by atoms with Crippen molar-refractivity contribution in [3.05, 3.63) is 0 Å². The topological polar surface area (TPSA) is 81.7 Å². The molecule has 0 aromatic heterocycles. The van der Waals surface area contributed by atoms with Crippen LogP contribution in [0, 0.1) is 11.8 Å². The van der Waals surface area contributed by atoms with Crippen molar-refractivity contribution >= 4 is 12.0 Å². The summed E-state index contributed by atoms with van der Waals surface area (Å²) < 4.78 is 0. The van der Waals surface area contributed by atoms with E-state index in [1.807, 2.05) is 13.8 Å². The number of nitrogens with one attached hydrogen (secondary N) is 2. The molecule has 1 aliphatic carbocycles. The number of amides is 2. The van der Waals surface area contributed by atoms with Gasteiger partial charge in [-0.05, 0) is 31.7 Å². The molecule has 0 spiro atoms. The van der Waals surface area contributed by atoms with Crippen molar-refractivity contribution in [1.29, 1.82) is 0 Å². The van der Waals surface area contributed by atoms with Crippen LogP contribution in [0.5, 0.6) is 0 Å². The molecule has 21 heavy (non-hydrogen) atoms. The van der Waals surface area contributed by atoms with Crippen LogP contribution in [0.15, 0.2) is 0 Å². The van der Waals surface area contributed by atoms with Gasteiger partial charge in [0.2, 0.25) is 0 Å². The van der Waals surface area contributed by atoms with Crippen LogP contribution in [0.1, 0.15) is 40.0 Å². The Hall–Kier alpha value is -1.30. The third-order valence-corrected chi connectivity index (χ3v) is 3.77. The molecule has 1 rings (SSSR count). The van der Waals surface area contributed by atoms with E-state index in [-0.39, 0.29) is 12.6 Å². The molecule has 1 atom stereocenters. The van der Waals surface area contributed by atoms with E-state index >= 15 is 0 Å². The predicted molar refractivity (Wildman–Crippen MR) is 82.3 cm³/mol. The van der Waals surface area contributed by atoms with E-state index in [1.54, 1.807) is 0 Å². The highest BCUT2D eigenvalue weighted by molar-refractivity contribution is 5.75. The predicted octanol–water partition coefficient (Wildman–Crippen LogP) is 1.52. The molecule has 6 nitrogen and oxygen atoms in total. The SMILES string of the molecule is CCN(CCNC(=O)NCC(CC(C)C)C(=O)O)C1CC1. The Morgan fingerprint density at radius 3 is 2.43 bits per heavy atom. The second-order valence-electron chi connectivity index (χ2n) is 6.16. The van der Waals surface area contributed by atoms with Crippen molar-refractivity contribution in [2.75, 3.05) is 26.2 Å². The van der Waals surface area contributed by atoms with Gasteiger partial charge in [0.15, 0.2) is 0 Å². The molecule has 1 aliphatic rings. The molecular formula is C15H29N3O3. The summed E-state index contributed by atoms with van der Waals surface area (Å²) in [5.41, 5.74) is 0. The maximum absolute atomic E-state index is 11.7. The van der Waals surface area contributed by atoms with Gasteiger partial charge in [0.05, 0.1) is 5.92 Å². The van der Waals surface area contributed by atoms with Crippen LogP contribution in [-0.2, 0) is 4.79 Å². The van der Waals surface area contributed by atoms with Crippen molar-refractivity contribution in [2.24, 2.45) is 11.8 Å². The zero-order valence-corrected chi connectivity index (χ0v) is 13.4. The van der Waals surface area contributed by atoms with Gasteiger partial charge in [-0.15, -0.1) is 0 Å². The van der Waals surface area contributed by atoms with Crippen LogP contribution >= 0.6 is 0 Å². The minimum atomic E-state index is -0.852. The Morgan fingerprint density at radius 2 is 1.95 bits per heavy atom. The number of aliphatic carboxylic acids is 1. The maximum atomic E-state index is 11.7. The number of carboxylic acids is 1. The lowest BCUT2D eigenvalue weighted by Crippen LogP contribution is -2.43. The number of carboxylic acid groups (broad SMARTS) is 1. The molecule has 0 heterocycles. The Kier molecular flexibility index (Phi) is 7.50. The van der Waals surface area contributed by atoms with Crippen LogP contribution in [0.25, 0.3) is 0 Å². The third-order valence-electron chi connectivity index (χ3n) is 3.77. The summed E-state index contributed by atoms with van der Waals surface area (Å²) >= 11 is 0. The van der Waals surface area contributed by atoms with Crippen LogP contribution in [-0.4, -0.2) is 54.2 Å². The standard InChI is InChI=1S/C15H29N3O3/c1-4-18(13-5-6-13)8-7-16-15(21)17-10-12(14(19)20)9-11(2)3/h11-13H,4-10H2,1-3H3,(H,19,20)(H2,16,17,21). The smallest absolute Gasteiger partial charge is 0.314 e. The van der Waals surface area contributed by atoms with E-state index in [4.69, 9.17) is 5.11 Å². The zero-order valence-electron chi connectivity index (χ0n) is 13.4. The molecule has 0 radical (unpaired) electrons. The zero-order chi connectivity index (χ0) is 15.8. The number of carbonyl (C=O) groups is 2. The second-order valence-corrected chi connectivity index (χ2v) is 6.16. The summed E-state index contributed by atoms with van der Waals surface area (Å²) in [5, 5.41) is 14.6. The average Bonchev–Trinajstić information content (AvgIpc) is 3.23. The van der Waals surface area contributed by atoms with Gasteiger partial charge >= 0.3 is 12.0 Å². The van der Waals surface area contributed by atoms with Gasteiger partial charge in [-0.2, -0.15) is 0 Å². The van der Waals surface area contributed by atoms with Crippen molar-refractivity contribution in [1.82, 2.24) is 15.5 Å². The summed E-state index contributed by atoms with van der Waals surface area (Å²) in [6, 6.07) is 0.416. The number of urea groups is 1. The average molecular weight is 299 g/mol. The fourth-order valence-corrected chi connectivity index (χ4v) is 2.47. The first-order valence-electron chi connectivity index (χ1n) is 7.92. The molecule has 0 bridgehead atoms. The molecule has 0 saturated heterocycles. The van der Waals surface area contributed by atoms with Gasteiger partial charge in [0, 0.05) is 25.7 Å². The molecule has 0 aromatic carbocycles. The van der Waals surface area contributed by atoms with Gasteiger partial charge in [-0.3, -0.25) is 9.69 Å². The molecule has 0 aromatic rings.